The van der Waals surface area contributed by atoms with E-state index in [4.69, 9.17) is 5.11 Å². The number of rotatable bonds is 7. The number of β-lactam (4-membered cyclic amide) rings is 1. The van der Waals surface area contributed by atoms with Crippen LogP contribution in [0.25, 0.3) is 0 Å². The lowest BCUT2D eigenvalue weighted by atomic mass is 9.79. The van der Waals surface area contributed by atoms with Gasteiger partial charge in [-0.1, -0.05) is 13.0 Å². The van der Waals surface area contributed by atoms with Crippen LogP contribution in [0.15, 0.2) is 34.9 Å². The third kappa shape index (κ3) is 4.11. The summed E-state index contributed by atoms with van der Waals surface area (Å²) < 4.78 is 0. The van der Waals surface area contributed by atoms with E-state index in [-0.39, 0.29) is 40.3 Å². The number of thioether (sulfide) groups is 1. The molecule has 11 heteroatoms. The molecule has 2 amide bonds. The second-order valence-corrected chi connectivity index (χ2v) is 10.0. The van der Waals surface area contributed by atoms with Crippen LogP contribution in [0.4, 0.5) is 5.69 Å². The fourth-order valence-electron chi connectivity index (χ4n) is 4.93. The second kappa shape index (κ2) is 8.81. The molecule has 10 nitrogen and oxygen atoms in total. The van der Waals surface area contributed by atoms with E-state index in [1.807, 2.05) is 12.2 Å². The summed E-state index contributed by atoms with van der Waals surface area (Å²) in [7, 11) is 0. The Hall–Kier alpha value is -2.89. The number of carbonyl (C=O) groups excluding carboxylic acids is 2. The molecule has 1 aromatic rings. The van der Waals surface area contributed by atoms with Gasteiger partial charge in [0.05, 0.1) is 35.4 Å². The van der Waals surface area contributed by atoms with Gasteiger partial charge in [0.1, 0.15) is 5.70 Å². The van der Waals surface area contributed by atoms with E-state index in [9.17, 15) is 29.4 Å². The Balaban J connectivity index is 1.43. The number of hydrogen-bond donors (Lipinski definition) is 5. The Bertz CT molecular complexity index is 1060. The van der Waals surface area contributed by atoms with Gasteiger partial charge in [0, 0.05) is 22.9 Å². The number of fused-ring (bicyclic) bond motifs is 1. The van der Waals surface area contributed by atoms with Crippen LogP contribution in [-0.4, -0.2) is 74.0 Å². The van der Waals surface area contributed by atoms with Crippen molar-refractivity contribution in [2.45, 2.75) is 43.7 Å². The first-order valence-corrected chi connectivity index (χ1v) is 11.6. The van der Waals surface area contributed by atoms with Gasteiger partial charge in [-0.15, -0.1) is 11.8 Å². The van der Waals surface area contributed by atoms with Crippen molar-refractivity contribution in [1.82, 2.24) is 4.90 Å². The average Bonchev–Trinajstić information content (AvgIpc) is 3.30. The van der Waals surface area contributed by atoms with Crippen molar-refractivity contribution in [2.24, 2.45) is 11.8 Å². The molecular formula is C22H26N3O7S+. The van der Waals surface area contributed by atoms with Crippen LogP contribution < -0.4 is 10.6 Å². The number of aliphatic carboxylic acids is 1. The standard InChI is InChI=1S/C22H25N3O7S/c1-9-16-15(10(2)26)20(28)25(16)17(22(31)32)18(9)33-13-7-14(23-8-13)19(27)24-12-5-3-4-11(6-12)21(29)30/h3-6,9-10,13-16,23,26H,7-8H2,1-2H3,(H,24,27)(H,29,30)(H,31,32)/p+1. The third-order valence-electron chi connectivity index (χ3n) is 6.52. The molecule has 3 aliphatic heterocycles. The molecule has 1 aromatic carbocycles. The van der Waals surface area contributed by atoms with E-state index >= 15 is 0 Å². The maximum Gasteiger partial charge on any atom is 0.353 e. The summed E-state index contributed by atoms with van der Waals surface area (Å²) in [5, 5.41) is 33.4. The summed E-state index contributed by atoms with van der Waals surface area (Å²) in [5.41, 5.74) is 0.462. The summed E-state index contributed by atoms with van der Waals surface area (Å²) in [6, 6.07) is 5.25. The van der Waals surface area contributed by atoms with Crippen LogP contribution >= 0.6 is 11.8 Å². The molecule has 6 unspecified atom stereocenters. The fraction of sp³-hybridized carbons (Fsp3) is 0.455. The van der Waals surface area contributed by atoms with Gasteiger partial charge < -0.3 is 30.9 Å². The summed E-state index contributed by atoms with van der Waals surface area (Å²) in [5.74, 6) is -3.69. The van der Waals surface area contributed by atoms with E-state index in [1.54, 1.807) is 19.1 Å². The van der Waals surface area contributed by atoms with E-state index < -0.39 is 30.0 Å². The van der Waals surface area contributed by atoms with Crippen molar-refractivity contribution in [2.75, 3.05) is 11.9 Å². The predicted octanol–water partition coefficient (Wildman–Crippen LogP) is -0.0855. The normalized spacial score (nSPS) is 29.5. The maximum atomic E-state index is 12.7. The molecule has 33 heavy (non-hydrogen) atoms. The second-order valence-electron chi connectivity index (χ2n) is 8.70. The van der Waals surface area contributed by atoms with Gasteiger partial charge in [-0.3, -0.25) is 9.59 Å². The van der Waals surface area contributed by atoms with Crippen LogP contribution in [0.3, 0.4) is 0 Å². The smallest absolute Gasteiger partial charge is 0.353 e. The Morgan fingerprint density at radius 1 is 1.24 bits per heavy atom. The van der Waals surface area contributed by atoms with Gasteiger partial charge in [-0.25, -0.2) is 9.59 Å². The SMILES string of the molecule is CC(O)C1C(=O)N2C(C(=O)O)=C(SC3C[NH2+]C(C(=O)Nc4cccc(C(=O)O)c4)C3)C(C)C12. The predicted molar refractivity (Wildman–Crippen MR) is 118 cm³/mol. The number of benzene rings is 1. The van der Waals surface area contributed by atoms with Gasteiger partial charge in [-0.05, 0) is 25.1 Å². The number of nitrogens with zero attached hydrogens (tertiary/aromatic N) is 1. The molecule has 0 spiro atoms. The van der Waals surface area contributed by atoms with Gasteiger partial charge in [-0.2, -0.15) is 0 Å². The lowest BCUT2D eigenvalue weighted by molar-refractivity contribution is -0.656. The van der Waals surface area contributed by atoms with Crippen LogP contribution in [-0.2, 0) is 14.4 Å². The molecule has 0 radical (unpaired) electrons. The van der Waals surface area contributed by atoms with Gasteiger partial charge in [0.15, 0.2) is 6.04 Å². The van der Waals surface area contributed by atoms with E-state index in [2.05, 4.69) is 5.32 Å². The highest BCUT2D eigenvalue weighted by Crippen LogP contribution is 2.51. The van der Waals surface area contributed by atoms with Crippen molar-refractivity contribution in [3.63, 3.8) is 0 Å². The Labute approximate surface area is 194 Å². The molecule has 3 aliphatic rings. The lowest BCUT2D eigenvalue weighted by Gasteiger charge is -2.46. The van der Waals surface area contributed by atoms with Crippen LogP contribution in [0.1, 0.15) is 30.6 Å². The zero-order valence-electron chi connectivity index (χ0n) is 18.1. The molecule has 0 bridgehead atoms. The first kappa shape index (κ1) is 23.3. The Morgan fingerprint density at radius 2 is 1.97 bits per heavy atom. The molecule has 6 atom stereocenters. The number of nitrogens with two attached hydrogens (primary N) is 1. The number of nitrogens with one attached hydrogen (secondary N) is 1. The summed E-state index contributed by atoms with van der Waals surface area (Å²) in [4.78, 5) is 50.2. The Morgan fingerprint density at radius 3 is 2.61 bits per heavy atom. The Kier molecular flexibility index (Phi) is 6.21. The monoisotopic (exact) mass is 476 g/mol. The quantitative estimate of drug-likeness (QED) is 0.341. The van der Waals surface area contributed by atoms with Crippen LogP contribution in [0.5, 0.6) is 0 Å². The number of carboxylic acid groups (broad SMARTS) is 2. The molecular weight excluding hydrogens is 450 g/mol. The number of carbonyl (C=O) groups is 4. The lowest BCUT2D eigenvalue weighted by Crippen LogP contribution is -2.89. The molecule has 4 rings (SSSR count). The molecule has 176 valence electrons. The van der Waals surface area contributed by atoms with Gasteiger partial charge >= 0.3 is 11.9 Å². The van der Waals surface area contributed by atoms with Crippen LogP contribution in [0.2, 0.25) is 0 Å². The number of anilines is 1. The summed E-state index contributed by atoms with van der Waals surface area (Å²) in [6.45, 7) is 4.01. The number of aliphatic hydroxyl groups is 1. The van der Waals surface area contributed by atoms with Crippen LogP contribution in [0, 0.1) is 11.8 Å². The van der Waals surface area contributed by atoms with E-state index in [0.29, 0.717) is 23.6 Å². The zero-order valence-corrected chi connectivity index (χ0v) is 18.9. The zero-order chi connectivity index (χ0) is 24.0. The van der Waals surface area contributed by atoms with Gasteiger partial charge in [0.2, 0.25) is 5.91 Å². The van der Waals surface area contributed by atoms with E-state index in [0.717, 1.165) is 0 Å². The molecule has 0 saturated carbocycles. The molecule has 3 heterocycles. The molecule has 6 N–H and O–H groups in total. The first-order chi connectivity index (χ1) is 15.6. The van der Waals surface area contributed by atoms with Crippen molar-refractivity contribution in [3.05, 3.63) is 40.4 Å². The molecule has 0 aliphatic carbocycles. The fourth-order valence-corrected chi connectivity index (χ4v) is 6.45. The summed E-state index contributed by atoms with van der Waals surface area (Å²) >= 11 is 1.39. The van der Waals surface area contributed by atoms with Crippen molar-refractivity contribution >= 4 is 41.2 Å². The number of aromatic carboxylic acids is 1. The van der Waals surface area contributed by atoms with E-state index in [1.165, 1.54) is 28.8 Å². The number of aliphatic hydroxyl groups excluding tert-OH is 1. The first-order valence-electron chi connectivity index (χ1n) is 10.7. The highest BCUT2D eigenvalue weighted by molar-refractivity contribution is 8.03. The summed E-state index contributed by atoms with van der Waals surface area (Å²) in [6.07, 6.45) is -0.357. The molecule has 0 aromatic heterocycles. The third-order valence-corrected chi connectivity index (χ3v) is 8.06. The minimum Gasteiger partial charge on any atom is -0.478 e. The maximum absolute atomic E-state index is 12.7. The number of quaternary nitrogens is 1. The average molecular weight is 477 g/mol. The topological polar surface area (TPSA) is 161 Å². The highest BCUT2D eigenvalue weighted by atomic mass is 32.2. The van der Waals surface area contributed by atoms with Crippen molar-refractivity contribution < 1.29 is 39.8 Å². The van der Waals surface area contributed by atoms with Crippen molar-refractivity contribution in [1.29, 1.82) is 0 Å². The highest BCUT2D eigenvalue weighted by Gasteiger charge is 2.60. The van der Waals surface area contributed by atoms with Gasteiger partial charge in [0.25, 0.3) is 5.91 Å². The number of hydrogen-bond acceptors (Lipinski definition) is 6. The number of carboxylic acids is 2. The van der Waals surface area contributed by atoms with Crippen molar-refractivity contribution in [3.8, 4) is 0 Å². The minimum absolute atomic E-state index is 0.0159. The minimum atomic E-state index is -1.17. The molecule has 2 saturated heterocycles. The number of amides is 2. The largest absolute Gasteiger partial charge is 0.478 e. The molecule has 2 fully saturated rings.